The van der Waals surface area contributed by atoms with Crippen LogP contribution in [0.2, 0.25) is 0 Å². The zero-order chi connectivity index (χ0) is 15.9. The Morgan fingerprint density at radius 1 is 1.09 bits per heavy atom. The van der Waals surface area contributed by atoms with Gasteiger partial charge in [-0.25, -0.2) is 4.79 Å². The van der Waals surface area contributed by atoms with Crippen LogP contribution in [-0.2, 0) is 0 Å². The Balaban J connectivity index is 2.26. The van der Waals surface area contributed by atoms with Gasteiger partial charge in [0.1, 0.15) is 5.75 Å². The molecule has 0 aliphatic carbocycles. The molecule has 0 saturated carbocycles. The third-order valence-corrected chi connectivity index (χ3v) is 3.36. The van der Waals surface area contributed by atoms with Crippen LogP contribution in [0.3, 0.4) is 0 Å². The molecule has 4 heteroatoms. The highest BCUT2D eigenvalue weighted by Gasteiger charge is 2.19. The van der Waals surface area contributed by atoms with Crippen molar-refractivity contribution in [2.45, 2.75) is 0 Å². The Hall–Kier alpha value is -2.75. The highest BCUT2D eigenvalue weighted by atomic mass is 16.5. The predicted octanol–water partition coefficient (Wildman–Crippen LogP) is 3.94. The van der Waals surface area contributed by atoms with Crippen LogP contribution in [0, 0.1) is 0 Å². The smallest absolute Gasteiger partial charge is 0.328 e. The number of benzene rings is 2. The maximum absolute atomic E-state index is 12.8. The number of carbonyl (C=O) groups excluding carboxylic acids is 1. The van der Waals surface area contributed by atoms with Gasteiger partial charge in [0.15, 0.2) is 0 Å². The molecule has 0 saturated heterocycles. The van der Waals surface area contributed by atoms with E-state index in [9.17, 15) is 4.79 Å². The van der Waals surface area contributed by atoms with Crippen LogP contribution in [0.25, 0.3) is 0 Å². The Labute approximate surface area is 131 Å². The minimum Gasteiger partial charge on any atom is -0.497 e. The van der Waals surface area contributed by atoms with Gasteiger partial charge in [0, 0.05) is 25.0 Å². The fourth-order valence-electron chi connectivity index (χ4n) is 2.13. The molecule has 0 spiro atoms. The number of methoxy groups -OCH3 is 1. The lowest BCUT2D eigenvalue weighted by Crippen LogP contribution is -2.41. The van der Waals surface area contributed by atoms with Crippen LogP contribution < -0.4 is 14.5 Å². The van der Waals surface area contributed by atoms with Crippen LogP contribution in [0.15, 0.2) is 67.3 Å². The van der Waals surface area contributed by atoms with Crippen LogP contribution in [0.5, 0.6) is 5.75 Å². The number of carbonyl (C=O) groups is 1. The van der Waals surface area contributed by atoms with Crippen molar-refractivity contribution in [1.82, 2.24) is 0 Å². The van der Waals surface area contributed by atoms with Gasteiger partial charge in [-0.2, -0.15) is 0 Å². The number of rotatable bonds is 5. The first-order valence-corrected chi connectivity index (χ1v) is 7.02. The van der Waals surface area contributed by atoms with Gasteiger partial charge in [0.2, 0.25) is 0 Å². The molecule has 2 aromatic carbocycles. The molecule has 0 fully saturated rings. The van der Waals surface area contributed by atoms with Crippen molar-refractivity contribution in [2.75, 3.05) is 30.5 Å². The topological polar surface area (TPSA) is 32.8 Å². The van der Waals surface area contributed by atoms with Crippen molar-refractivity contribution in [2.24, 2.45) is 0 Å². The van der Waals surface area contributed by atoms with E-state index in [4.69, 9.17) is 4.74 Å². The maximum Gasteiger partial charge on any atom is 0.328 e. The summed E-state index contributed by atoms with van der Waals surface area (Å²) < 4.78 is 5.15. The zero-order valence-electron chi connectivity index (χ0n) is 12.9. The number of urea groups is 1. The van der Waals surface area contributed by atoms with Crippen molar-refractivity contribution in [3.63, 3.8) is 0 Å². The number of hydrogen-bond acceptors (Lipinski definition) is 2. The van der Waals surface area contributed by atoms with Gasteiger partial charge in [0.05, 0.1) is 7.11 Å². The lowest BCUT2D eigenvalue weighted by atomic mass is 10.2. The predicted molar refractivity (Wildman–Crippen MR) is 90.8 cm³/mol. The molecule has 2 rings (SSSR count). The third kappa shape index (κ3) is 3.47. The molecule has 0 aromatic heterocycles. The average Bonchev–Trinajstić information content (AvgIpc) is 2.59. The van der Waals surface area contributed by atoms with Gasteiger partial charge < -0.3 is 4.74 Å². The highest BCUT2D eigenvalue weighted by molar-refractivity contribution is 6.03. The van der Waals surface area contributed by atoms with Crippen molar-refractivity contribution in [3.05, 3.63) is 67.3 Å². The molecule has 0 aliphatic heterocycles. The van der Waals surface area contributed by atoms with Gasteiger partial charge in [-0.1, -0.05) is 24.3 Å². The summed E-state index contributed by atoms with van der Waals surface area (Å²) >= 11 is 0. The van der Waals surface area contributed by atoms with Crippen LogP contribution in [-0.4, -0.2) is 26.7 Å². The quantitative estimate of drug-likeness (QED) is 0.783. The van der Waals surface area contributed by atoms with Gasteiger partial charge in [-0.15, -0.1) is 6.58 Å². The van der Waals surface area contributed by atoms with Crippen LogP contribution in [0.1, 0.15) is 0 Å². The second-order valence-corrected chi connectivity index (χ2v) is 4.77. The van der Waals surface area contributed by atoms with E-state index >= 15 is 0 Å². The SMILES string of the molecule is C=CCN(C(=O)N(C)c1ccccc1)c1ccc(OC)cc1. The van der Waals surface area contributed by atoms with E-state index in [0.717, 1.165) is 17.1 Å². The first-order chi connectivity index (χ1) is 10.7. The number of hydrogen-bond donors (Lipinski definition) is 0. The van der Waals surface area contributed by atoms with E-state index < -0.39 is 0 Å². The number of ether oxygens (including phenoxy) is 1. The zero-order valence-corrected chi connectivity index (χ0v) is 12.9. The summed E-state index contributed by atoms with van der Waals surface area (Å²) in [5.74, 6) is 0.756. The molecule has 4 nitrogen and oxygen atoms in total. The maximum atomic E-state index is 12.8. The van der Waals surface area contributed by atoms with Gasteiger partial charge >= 0.3 is 6.03 Å². The number of anilines is 2. The molecule has 0 heterocycles. The molecule has 2 aromatic rings. The molecular formula is C18H20N2O2. The first kappa shape index (κ1) is 15.6. The number of para-hydroxylation sites is 1. The van der Waals surface area contributed by atoms with Gasteiger partial charge in [-0.3, -0.25) is 9.80 Å². The lowest BCUT2D eigenvalue weighted by molar-refractivity contribution is 0.253. The summed E-state index contributed by atoms with van der Waals surface area (Å²) in [6.45, 7) is 4.17. The first-order valence-electron chi connectivity index (χ1n) is 7.02. The number of nitrogens with zero attached hydrogens (tertiary/aromatic N) is 2. The normalized spacial score (nSPS) is 9.91. The molecule has 2 amide bonds. The second kappa shape index (κ2) is 7.31. The minimum atomic E-state index is -0.115. The van der Waals surface area contributed by atoms with E-state index in [0.29, 0.717) is 6.54 Å². The Morgan fingerprint density at radius 2 is 1.73 bits per heavy atom. The van der Waals surface area contributed by atoms with Crippen molar-refractivity contribution < 1.29 is 9.53 Å². The second-order valence-electron chi connectivity index (χ2n) is 4.77. The summed E-state index contributed by atoms with van der Waals surface area (Å²) in [5, 5.41) is 0. The summed E-state index contributed by atoms with van der Waals surface area (Å²) in [7, 11) is 3.38. The van der Waals surface area contributed by atoms with Crippen LogP contribution >= 0.6 is 0 Å². The number of amides is 2. The van der Waals surface area contributed by atoms with Gasteiger partial charge in [0.25, 0.3) is 0 Å². The molecule has 0 bridgehead atoms. The summed E-state index contributed by atoms with van der Waals surface area (Å²) in [5.41, 5.74) is 1.64. The fraction of sp³-hybridized carbons (Fsp3) is 0.167. The molecule has 0 atom stereocenters. The molecule has 0 N–H and O–H groups in total. The average molecular weight is 296 g/mol. The lowest BCUT2D eigenvalue weighted by Gasteiger charge is -2.27. The third-order valence-electron chi connectivity index (χ3n) is 3.36. The fourth-order valence-corrected chi connectivity index (χ4v) is 2.13. The Morgan fingerprint density at radius 3 is 2.27 bits per heavy atom. The van der Waals surface area contributed by atoms with E-state index in [1.165, 1.54) is 0 Å². The summed E-state index contributed by atoms with van der Waals surface area (Å²) in [6, 6.07) is 16.8. The Kier molecular flexibility index (Phi) is 5.20. The molecule has 0 unspecified atom stereocenters. The van der Waals surface area contributed by atoms with Crippen molar-refractivity contribution in [3.8, 4) is 5.75 Å². The minimum absolute atomic E-state index is 0.115. The monoisotopic (exact) mass is 296 g/mol. The Bertz CT molecular complexity index is 623. The van der Waals surface area contributed by atoms with Crippen molar-refractivity contribution in [1.29, 1.82) is 0 Å². The van der Waals surface area contributed by atoms with Crippen molar-refractivity contribution >= 4 is 17.4 Å². The molecule has 0 radical (unpaired) electrons. The highest BCUT2D eigenvalue weighted by Crippen LogP contribution is 2.22. The molecular weight excluding hydrogens is 276 g/mol. The van der Waals surface area contributed by atoms with E-state index in [-0.39, 0.29) is 6.03 Å². The van der Waals surface area contributed by atoms with E-state index in [1.54, 1.807) is 30.0 Å². The van der Waals surface area contributed by atoms with E-state index in [2.05, 4.69) is 6.58 Å². The van der Waals surface area contributed by atoms with Crippen LogP contribution in [0.4, 0.5) is 16.2 Å². The summed E-state index contributed by atoms with van der Waals surface area (Å²) in [4.78, 5) is 16.0. The summed E-state index contributed by atoms with van der Waals surface area (Å²) in [6.07, 6.45) is 1.71. The molecule has 22 heavy (non-hydrogen) atoms. The molecule has 114 valence electrons. The molecule has 0 aliphatic rings. The van der Waals surface area contributed by atoms with Gasteiger partial charge in [-0.05, 0) is 36.4 Å². The largest absolute Gasteiger partial charge is 0.497 e. The standard InChI is InChI=1S/C18H20N2O2/c1-4-14-20(16-10-12-17(22-3)13-11-16)18(21)19(2)15-8-6-5-7-9-15/h4-13H,1,14H2,2-3H3. The van der Waals surface area contributed by atoms with E-state index in [1.807, 2.05) is 54.6 Å².